The van der Waals surface area contributed by atoms with Crippen LogP contribution >= 0.6 is 11.3 Å². The number of hydrogen-bond donors (Lipinski definition) is 3. The van der Waals surface area contributed by atoms with Crippen molar-refractivity contribution in [1.29, 1.82) is 0 Å². The molecule has 100 valence electrons. The first-order valence-corrected chi connectivity index (χ1v) is 6.84. The topological polar surface area (TPSA) is 94.0 Å². The highest BCUT2D eigenvalue weighted by atomic mass is 32.1. The maximum Gasteiger partial charge on any atom is 0.250 e. The molecule has 19 heavy (non-hydrogen) atoms. The minimum atomic E-state index is -0.548. The zero-order valence-electron chi connectivity index (χ0n) is 10.6. The number of nitrogens with one attached hydrogen (secondary N) is 1. The summed E-state index contributed by atoms with van der Waals surface area (Å²) in [5, 5.41) is 5.25. The minimum Gasteiger partial charge on any atom is -0.397 e. The van der Waals surface area contributed by atoms with Crippen LogP contribution in [0.5, 0.6) is 0 Å². The van der Waals surface area contributed by atoms with E-state index in [1.54, 1.807) is 17.4 Å². The van der Waals surface area contributed by atoms with Gasteiger partial charge in [0, 0.05) is 4.88 Å². The number of aromatic nitrogens is 1. The number of pyridine rings is 1. The fourth-order valence-corrected chi connectivity index (χ4v) is 2.70. The summed E-state index contributed by atoms with van der Waals surface area (Å²) in [6.45, 7) is 2.80. The lowest BCUT2D eigenvalue weighted by atomic mass is 10.2. The molecule has 1 amide bonds. The van der Waals surface area contributed by atoms with Crippen LogP contribution in [0.25, 0.3) is 0 Å². The Bertz CT molecular complexity index is 594. The molecule has 0 aromatic carbocycles. The van der Waals surface area contributed by atoms with Gasteiger partial charge in [-0.1, -0.05) is 6.92 Å². The van der Waals surface area contributed by atoms with Crippen molar-refractivity contribution in [2.24, 2.45) is 5.73 Å². The SMILES string of the molecule is CCc1ccsc1CNc1cc(C(N)=O)c(N)cn1. The second-order valence-corrected chi connectivity index (χ2v) is 5.10. The van der Waals surface area contributed by atoms with Gasteiger partial charge in [-0.05, 0) is 29.5 Å². The number of hydrogen-bond acceptors (Lipinski definition) is 5. The van der Waals surface area contributed by atoms with Crippen LogP contribution < -0.4 is 16.8 Å². The van der Waals surface area contributed by atoms with E-state index in [-0.39, 0.29) is 0 Å². The van der Waals surface area contributed by atoms with Crippen LogP contribution in [0.4, 0.5) is 11.5 Å². The van der Waals surface area contributed by atoms with Crippen molar-refractivity contribution in [1.82, 2.24) is 4.98 Å². The lowest BCUT2D eigenvalue weighted by Gasteiger charge is -2.08. The predicted molar refractivity (Wildman–Crippen MR) is 78.2 cm³/mol. The summed E-state index contributed by atoms with van der Waals surface area (Å²) in [7, 11) is 0. The van der Waals surface area contributed by atoms with Crippen molar-refractivity contribution >= 4 is 28.7 Å². The molecule has 0 unspecified atom stereocenters. The summed E-state index contributed by atoms with van der Waals surface area (Å²) >= 11 is 1.70. The van der Waals surface area contributed by atoms with Crippen LogP contribution in [0.15, 0.2) is 23.7 Å². The van der Waals surface area contributed by atoms with E-state index >= 15 is 0 Å². The fraction of sp³-hybridized carbons (Fsp3) is 0.231. The number of carbonyl (C=O) groups excluding carboxylic acids is 1. The zero-order chi connectivity index (χ0) is 13.8. The summed E-state index contributed by atoms with van der Waals surface area (Å²) in [5.74, 6) is 0.0479. The first-order chi connectivity index (χ1) is 9.11. The molecule has 0 aliphatic rings. The molecule has 5 nitrogen and oxygen atoms in total. The van der Waals surface area contributed by atoms with Gasteiger partial charge >= 0.3 is 0 Å². The number of anilines is 2. The summed E-state index contributed by atoms with van der Waals surface area (Å²) < 4.78 is 0. The molecule has 0 aliphatic carbocycles. The molecule has 2 aromatic heterocycles. The Labute approximate surface area is 115 Å². The maximum absolute atomic E-state index is 11.2. The average molecular weight is 276 g/mol. The van der Waals surface area contributed by atoms with Crippen LogP contribution in [-0.4, -0.2) is 10.9 Å². The Morgan fingerprint density at radius 1 is 1.53 bits per heavy atom. The van der Waals surface area contributed by atoms with E-state index in [1.165, 1.54) is 16.6 Å². The van der Waals surface area contributed by atoms with Crippen molar-refractivity contribution in [2.75, 3.05) is 11.1 Å². The molecular formula is C13H16N4OS. The van der Waals surface area contributed by atoms with Crippen molar-refractivity contribution in [3.63, 3.8) is 0 Å². The molecule has 0 bridgehead atoms. The van der Waals surface area contributed by atoms with Crippen LogP contribution in [-0.2, 0) is 13.0 Å². The number of aryl methyl sites for hydroxylation is 1. The van der Waals surface area contributed by atoms with E-state index in [4.69, 9.17) is 11.5 Å². The number of carbonyl (C=O) groups is 1. The molecule has 0 radical (unpaired) electrons. The second-order valence-electron chi connectivity index (χ2n) is 4.10. The predicted octanol–water partition coefficient (Wildman–Crippen LogP) is 2.00. The molecule has 2 heterocycles. The smallest absolute Gasteiger partial charge is 0.250 e. The summed E-state index contributed by atoms with van der Waals surface area (Å²) in [4.78, 5) is 16.6. The Kier molecular flexibility index (Phi) is 4.01. The third-order valence-electron chi connectivity index (χ3n) is 2.85. The average Bonchev–Trinajstić information content (AvgIpc) is 2.84. The van der Waals surface area contributed by atoms with Gasteiger partial charge in [0.2, 0.25) is 0 Å². The zero-order valence-corrected chi connectivity index (χ0v) is 11.5. The van der Waals surface area contributed by atoms with Crippen molar-refractivity contribution in [3.05, 3.63) is 39.7 Å². The molecule has 0 saturated heterocycles. The first kappa shape index (κ1) is 13.4. The van der Waals surface area contributed by atoms with Gasteiger partial charge in [0.25, 0.3) is 5.91 Å². The van der Waals surface area contributed by atoms with E-state index in [1.807, 2.05) is 0 Å². The Balaban J connectivity index is 2.12. The number of nitrogens with zero attached hydrogens (tertiary/aromatic N) is 1. The van der Waals surface area contributed by atoms with Crippen LogP contribution in [0.3, 0.4) is 0 Å². The molecular weight excluding hydrogens is 260 g/mol. The van der Waals surface area contributed by atoms with Gasteiger partial charge in [0.05, 0.1) is 24.0 Å². The molecule has 6 heteroatoms. The molecule has 5 N–H and O–H groups in total. The lowest BCUT2D eigenvalue weighted by Crippen LogP contribution is -2.14. The Hall–Kier alpha value is -2.08. The summed E-state index contributed by atoms with van der Waals surface area (Å²) in [6, 6.07) is 3.70. The van der Waals surface area contributed by atoms with Crippen molar-refractivity contribution in [3.8, 4) is 0 Å². The maximum atomic E-state index is 11.2. The molecule has 2 rings (SSSR count). The Morgan fingerprint density at radius 2 is 2.32 bits per heavy atom. The third kappa shape index (κ3) is 3.03. The van der Waals surface area contributed by atoms with Crippen molar-refractivity contribution in [2.45, 2.75) is 19.9 Å². The minimum absolute atomic E-state index is 0.291. The Morgan fingerprint density at radius 3 is 3.00 bits per heavy atom. The first-order valence-electron chi connectivity index (χ1n) is 5.96. The van der Waals surface area contributed by atoms with Crippen LogP contribution in [0.1, 0.15) is 27.7 Å². The van der Waals surface area contributed by atoms with Crippen LogP contribution in [0, 0.1) is 0 Å². The number of thiophene rings is 1. The van der Waals surface area contributed by atoms with Gasteiger partial charge in [-0.3, -0.25) is 4.79 Å². The number of rotatable bonds is 5. The molecule has 2 aromatic rings. The number of amides is 1. The van der Waals surface area contributed by atoms with Gasteiger partial charge in [-0.15, -0.1) is 11.3 Å². The fourth-order valence-electron chi connectivity index (χ4n) is 1.78. The normalized spacial score (nSPS) is 10.4. The molecule has 0 saturated carbocycles. The summed E-state index contributed by atoms with van der Waals surface area (Å²) in [5.41, 5.74) is 12.8. The van der Waals surface area contributed by atoms with E-state index < -0.39 is 5.91 Å². The van der Waals surface area contributed by atoms with Gasteiger partial charge in [-0.2, -0.15) is 0 Å². The lowest BCUT2D eigenvalue weighted by molar-refractivity contribution is 0.100. The highest BCUT2D eigenvalue weighted by molar-refractivity contribution is 7.10. The van der Waals surface area contributed by atoms with E-state index in [2.05, 4.69) is 28.7 Å². The monoisotopic (exact) mass is 276 g/mol. The molecule has 0 atom stereocenters. The van der Waals surface area contributed by atoms with Gasteiger partial charge in [0.1, 0.15) is 5.82 Å². The standard InChI is InChI=1S/C13H16N4OS/c1-2-8-3-4-19-11(8)7-17-12-5-9(13(15)18)10(14)6-16-12/h3-6H,2,7,14H2,1H3,(H2,15,18)(H,16,17). The number of primary amides is 1. The van der Waals surface area contributed by atoms with E-state index in [9.17, 15) is 4.79 Å². The largest absolute Gasteiger partial charge is 0.397 e. The molecule has 0 spiro atoms. The quantitative estimate of drug-likeness (QED) is 0.778. The van der Waals surface area contributed by atoms with Gasteiger partial charge < -0.3 is 16.8 Å². The summed E-state index contributed by atoms with van der Waals surface area (Å²) in [6.07, 6.45) is 2.44. The molecule has 0 aliphatic heterocycles. The van der Waals surface area contributed by atoms with Gasteiger partial charge in [-0.25, -0.2) is 4.98 Å². The second kappa shape index (κ2) is 5.71. The number of nitrogen functional groups attached to an aromatic ring is 1. The van der Waals surface area contributed by atoms with Crippen molar-refractivity contribution < 1.29 is 4.79 Å². The highest BCUT2D eigenvalue weighted by Crippen LogP contribution is 2.20. The highest BCUT2D eigenvalue weighted by Gasteiger charge is 2.08. The molecule has 0 fully saturated rings. The van der Waals surface area contributed by atoms with Gasteiger partial charge in [0.15, 0.2) is 0 Å². The van der Waals surface area contributed by atoms with Crippen LogP contribution in [0.2, 0.25) is 0 Å². The van der Waals surface area contributed by atoms with E-state index in [0.29, 0.717) is 23.6 Å². The third-order valence-corrected chi connectivity index (χ3v) is 3.81. The van der Waals surface area contributed by atoms with E-state index in [0.717, 1.165) is 6.42 Å². The number of nitrogens with two attached hydrogens (primary N) is 2.